The number of anilines is 1. The SMILES string of the molecule is O=C(Cc1ccccc1Cl)N1CCN(c2ncnc3c(F)cccc23)CC1. The summed E-state index contributed by atoms with van der Waals surface area (Å²) in [4.78, 5) is 24.9. The number of carbonyl (C=O) groups is 1. The third-order valence-electron chi connectivity index (χ3n) is 4.83. The maximum absolute atomic E-state index is 14.0. The largest absolute Gasteiger partial charge is 0.352 e. The van der Waals surface area contributed by atoms with Crippen LogP contribution in [0.15, 0.2) is 48.8 Å². The number of aromatic nitrogens is 2. The van der Waals surface area contributed by atoms with Crippen molar-refractivity contribution in [2.45, 2.75) is 6.42 Å². The Labute approximate surface area is 161 Å². The average molecular weight is 385 g/mol. The highest BCUT2D eigenvalue weighted by atomic mass is 35.5. The molecule has 0 spiro atoms. The van der Waals surface area contributed by atoms with E-state index in [1.807, 2.05) is 29.2 Å². The molecule has 7 heteroatoms. The molecule has 0 saturated carbocycles. The Balaban J connectivity index is 1.46. The second kappa shape index (κ2) is 7.48. The van der Waals surface area contributed by atoms with Crippen LogP contribution in [0.4, 0.5) is 10.2 Å². The van der Waals surface area contributed by atoms with Crippen molar-refractivity contribution in [1.29, 1.82) is 0 Å². The summed E-state index contributed by atoms with van der Waals surface area (Å²) in [6.07, 6.45) is 1.68. The van der Waals surface area contributed by atoms with Gasteiger partial charge in [0.15, 0.2) is 0 Å². The van der Waals surface area contributed by atoms with Gasteiger partial charge in [0.25, 0.3) is 0 Å². The number of fused-ring (bicyclic) bond motifs is 1. The fourth-order valence-electron chi connectivity index (χ4n) is 3.37. The minimum Gasteiger partial charge on any atom is -0.352 e. The predicted molar refractivity (Wildman–Crippen MR) is 103 cm³/mol. The number of para-hydroxylation sites is 1. The number of benzene rings is 2. The zero-order chi connectivity index (χ0) is 18.8. The Morgan fingerprint density at radius 2 is 1.81 bits per heavy atom. The molecule has 2 heterocycles. The Morgan fingerprint density at radius 1 is 1.04 bits per heavy atom. The van der Waals surface area contributed by atoms with E-state index in [2.05, 4.69) is 14.9 Å². The van der Waals surface area contributed by atoms with Gasteiger partial charge in [-0.2, -0.15) is 0 Å². The molecule has 1 saturated heterocycles. The lowest BCUT2D eigenvalue weighted by Gasteiger charge is -2.35. The van der Waals surface area contributed by atoms with Gasteiger partial charge >= 0.3 is 0 Å². The molecule has 1 aliphatic heterocycles. The molecule has 0 atom stereocenters. The van der Waals surface area contributed by atoms with Crippen LogP contribution in [-0.4, -0.2) is 47.0 Å². The molecule has 0 bridgehead atoms. The predicted octanol–water partition coefficient (Wildman–Crippen LogP) is 3.31. The van der Waals surface area contributed by atoms with E-state index in [4.69, 9.17) is 11.6 Å². The number of rotatable bonds is 3. The van der Waals surface area contributed by atoms with E-state index >= 15 is 0 Å². The summed E-state index contributed by atoms with van der Waals surface area (Å²) < 4.78 is 14.0. The van der Waals surface area contributed by atoms with Crippen LogP contribution in [0.2, 0.25) is 5.02 Å². The third kappa shape index (κ3) is 3.57. The second-order valence-electron chi connectivity index (χ2n) is 6.47. The molecule has 138 valence electrons. The van der Waals surface area contributed by atoms with Crippen LogP contribution in [0, 0.1) is 5.82 Å². The first kappa shape index (κ1) is 17.7. The Kier molecular flexibility index (Phi) is 4.90. The van der Waals surface area contributed by atoms with Gasteiger partial charge in [0, 0.05) is 36.6 Å². The Morgan fingerprint density at radius 3 is 2.59 bits per heavy atom. The second-order valence-corrected chi connectivity index (χ2v) is 6.88. The number of piperazine rings is 1. The van der Waals surface area contributed by atoms with E-state index < -0.39 is 0 Å². The molecule has 5 nitrogen and oxygen atoms in total. The molecular weight excluding hydrogens is 367 g/mol. The quantitative estimate of drug-likeness (QED) is 0.695. The lowest BCUT2D eigenvalue weighted by molar-refractivity contribution is -0.130. The van der Waals surface area contributed by atoms with Crippen molar-refractivity contribution in [3.8, 4) is 0 Å². The van der Waals surface area contributed by atoms with Gasteiger partial charge in [-0.25, -0.2) is 14.4 Å². The van der Waals surface area contributed by atoms with Gasteiger partial charge in [0.05, 0.1) is 6.42 Å². The minimum absolute atomic E-state index is 0.0568. The molecule has 0 aliphatic carbocycles. The number of hydrogen-bond acceptors (Lipinski definition) is 4. The number of nitrogens with zero attached hydrogens (tertiary/aromatic N) is 4. The zero-order valence-electron chi connectivity index (χ0n) is 14.6. The van der Waals surface area contributed by atoms with Crippen LogP contribution in [-0.2, 0) is 11.2 Å². The summed E-state index contributed by atoms with van der Waals surface area (Å²) >= 11 is 6.15. The molecule has 3 aromatic rings. The molecule has 4 rings (SSSR count). The summed E-state index contributed by atoms with van der Waals surface area (Å²) in [6, 6.07) is 12.3. The van der Waals surface area contributed by atoms with Crippen LogP contribution in [0.3, 0.4) is 0 Å². The lowest BCUT2D eigenvalue weighted by Crippen LogP contribution is -2.49. The Bertz CT molecular complexity index is 989. The van der Waals surface area contributed by atoms with Crippen molar-refractivity contribution < 1.29 is 9.18 Å². The summed E-state index contributed by atoms with van der Waals surface area (Å²) in [5.74, 6) is 0.406. The molecule has 1 fully saturated rings. The standard InChI is InChI=1S/C20H18ClFN4O/c21-16-6-2-1-4-14(16)12-18(27)25-8-10-26(11-9-25)20-15-5-3-7-17(22)19(15)23-13-24-20/h1-7,13H,8-12H2. The van der Waals surface area contributed by atoms with Crippen molar-refractivity contribution in [2.75, 3.05) is 31.1 Å². The van der Waals surface area contributed by atoms with Gasteiger partial charge < -0.3 is 9.80 Å². The van der Waals surface area contributed by atoms with Gasteiger partial charge in [0.1, 0.15) is 23.5 Å². The summed E-state index contributed by atoms with van der Waals surface area (Å²) in [5.41, 5.74) is 1.16. The van der Waals surface area contributed by atoms with E-state index in [0.29, 0.717) is 54.3 Å². The fourth-order valence-corrected chi connectivity index (χ4v) is 3.58. The van der Waals surface area contributed by atoms with E-state index in [1.165, 1.54) is 12.4 Å². The van der Waals surface area contributed by atoms with Crippen molar-refractivity contribution in [3.05, 3.63) is 65.2 Å². The molecule has 0 radical (unpaired) electrons. The van der Waals surface area contributed by atoms with Crippen molar-refractivity contribution in [2.24, 2.45) is 0 Å². The van der Waals surface area contributed by atoms with Crippen molar-refractivity contribution in [3.63, 3.8) is 0 Å². The van der Waals surface area contributed by atoms with E-state index in [9.17, 15) is 9.18 Å². The van der Waals surface area contributed by atoms with E-state index in [0.717, 1.165) is 5.56 Å². The average Bonchev–Trinajstić information content (AvgIpc) is 2.70. The van der Waals surface area contributed by atoms with E-state index in [-0.39, 0.29) is 11.7 Å². The molecule has 1 aliphatic rings. The summed E-state index contributed by atoms with van der Waals surface area (Å²) in [7, 11) is 0. The zero-order valence-corrected chi connectivity index (χ0v) is 15.4. The van der Waals surface area contributed by atoms with Gasteiger partial charge in [-0.3, -0.25) is 4.79 Å². The van der Waals surface area contributed by atoms with Crippen LogP contribution < -0.4 is 4.90 Å². The highest BCUT2D eigenvalue weighted by molar-refractivity contribution is 6.31. The number of hydrogen-bond donors (Lipinski definition) is 0. The van der Waals surface area contributed by atoms with Crippen molar-refractivity contribution >= 4 is 34.2 Å². The topological polar surface area (TPSA) is 49.3 Å². The van der Waals surface area contributed by atoms with Gasteiger partial charge in [-0.05, 0) is 23.8 Å². The molecule has 27 heavy (non-hydrogen) atoms. The third-order valence-corrected chi connectivity index (χ3v) is 5.19. The maximum atomic E-state index is 14.0. The molecule has 1 aromatic heterocycles. The highest BCUT2D eigenvalue weighted by Gasteiger charge is 2.24. The lowest BCUT2D eigenvalue weighted by atomic mass is 10.1. The monoisotopic (exact) mass is 384 g/mol. The molecule has 0 N–H and O–H groups in total. The fraction of sp³-hybridized carbons (Fsp3) is 0.250. The van der Waals surface area contributed by atoms with Crippen LogP contribution in [0.5, 0.6) is 0 Å². The van der Waals surface area contributed by atoms with Crippen LogP contribution >= 0.6 is 11.6 Å². The van der Waals surface area contributed by atoms with Gasteiger partial charge in [-0.1, -0.05) is 35.9 Å². The van der Waals surface area contributed by atoms with Gasteiger partial charge in [0.2, 0.25) is 5.91 Å². The first-order valence-electron chi connectivity index (χ1n) is 8.79. The summed E-state index contributed by atoms with van der Waals surface area (Å²) in [6.45, 7) is 2.45. The Hall–Kier alpha value is -2.73. The molecule has 0 unspecified atom stereocenters. The first-order chi connectivity index (χ1) is 13.1. The number of carbonyl (C=O) groups excluding carboxylic acids is 1. The smallest absolute Gasteiger partial charge is 0.227 e. The van der Waals surface area contributed by atoms with Crippen molar-refractivity contribution in [1.82, 2.24) is 14.9 Å². The maximum Gasteiger partial charge on any atom is 0.227 e. The molecule has 1 amide bonds. The summed E-state index contributed by atoms with van der Waals surface area (Å²) in [5, 5.41) is 1.30. The van der Waals surface area contributed by atoms with E-state index in [1.54, 1.807) is 12.1 Å². The number of amides is 1. The normalized spacial score (nSPS) is 14.6. The minimum atomic E-state index is -0.357. The van der Waals surface area contributed by atoms with Gasteiger partial charge in [-0.15, -0.1) is 0 Å². The van der Waals surface area contributed by atoms with Crippen LogP contribution in [0.1, 0.15) is 5.56 Å². The van der Waals surface area contributed by atoms with Crippen LogP contribution in [0.25, 0.3) is 10.9 Å². The number of halogens is 2. The highest BCUT2D eigenvalue weighted by Crippen LogP contribution is 2.25. The molecular formula is C20H18ClFN4O. The first-order valence-corrected chi connectivity index (χ1v) is 9.16. The molecule has 2 aromatic carbocycles.